The number of carbonyl (C=O) groups is 1. The summed E-state index contributed by atoms with van der Waals surface area (Å²) in [6, 6.07) is 4.16. The number of benzene rings is 1. The fourth-order valence-electron chi connectivity index (χ4n) is 4.28. The lowest BCUT2D eigenvalue weighted by Gasteiger charge is -2.31. The lowest BCUT2D eigenvalue weighted by atomic mass is 9.86. The van der Waals surface area contributed by atoms with Crippen molar-refractivity contribution in [3.05, 3.63) is 44.9 Å². The number of aliphatic imine (C=N–C) groups is 1. The number of nitrogens with zero attached hydrogens (tertiary/aromatic N) is 2. The maximum absolute atomic E-state index is 12.2. The maximum atomic E-state index is 12.2. The van der Waals surface area contributed by atoms with E-state index in [1.54, 1.807) is 23.5 Å². The van der Waals surface area contributed by atoms with E-state index in [1.807, 2.05) is 6.92 Å². The van der Waals surface area contributed by atoms with E-state index in [0.29, 0.717) is 17.4 Å². The molecule has 2 atom stereocenters. The Balaban J connectivity index is 1.73. The normalized spacial score (nSPS) is 23.4. The van der Waals surface area contributed by atoms with Crippen molar-refractivity contribution in [3.8, 4) is 5.75 Å². The van der Waals surface area contributed by atoms with Gasteiger partial charge in [0, 0.05) is 22.0 Å². The lowest BCUT2D eigenvalue weighted by molar-refractivity contribution is 0.242. The number of phenols is 1. The highest BCUT2D eigenvalue weighted by atomic mass is 35.5. The van der Waals surface area contributed by atoms with Crippen LogP contribution in [0.3, 0.4) is 0 Å². The number of halogens is 1. The molecule has 1 aliphatic carbocycles. The Morgan fingerprint density at radius 1 is 1.29 bits per heavy atom. The SMILES string of the molecule is CCC1=NC(=O)NC(c2ccc(O)cc2Cl)C1c1nc(C2CCCCC2)cs1. The minimum Gasteiger partial charge on any atom is -0.508 e. The average molecular weight is 418 g/mol. The monoisotopic (exact) mass is 417 g/mol. The number of thiazole rings is 1. The summed E-state index contributed by atoms with van der Waals surface area (Å²) in [5, 5.41) is 16.2. The Labute approximate surface area is 173 Å². The zero-order valence-corrected chi connectivity index (χ0v) is 17.4. The zero-order chi connectivity index (χ0) is 19.7. The summed E-state index contributed by atoms with van der Waals surface area (Å²) in [5.74, 6) is 0.493. The highest BCUT2D eigenvalue weighted by Crippen LogP contribution is 2.42. The van der Waals surface area contributed by atoms with Crippen molar-refractivity contribution in [3.63, 3.8) is 0 Å². The molecule has 2 aromatic rings. The molecule has 148 valence electrons. The minimum absolute atomic E-state index is 0.102. The number of hydrogen-bond donors (Lipinski definition) is 2. The number of aromatic nitrogens is 1. The molecule has 28 heavy (non-hydrogen) atoms. The fraction of sp³-hybridized carbons (Fsp3) is 0.476. The van der Waals surface area contributed by atoms with Crippen molar-refractivity contribution in [2.24, 2.45) is 4.99 Å². The molecule has 2 aliphatic rings. The van der Waals surface area contributed by atoms with Crippen molar-refractivity contribution in [2.75, 3.05) is 0 Å². The summed E-state index contributed by atoms with van der Waals surface area (Å²) in [7, 11) is 0. The van der Waals surface area contributed by atoms with Crippen molar-refractivity contribution in [1.82, 2.24) is 10.3 Å². The third kappa shape index (κ3) is 3.80. The second kappa shape index (κ2) is 8.21. The lowest BCUT2D eigenvalue weighted by Crippen LogP contribution is -2.39. The topological polar surface area (TPSA) is 74.6 Å². The number of amides is 2. The molecule has 0 bridgehead atoms. The largest absolute Gasteiger partial charge is 0.508 e. The molecule has 0 radical (unpaired) electrons. The standard InChI is InChI=1S/C21H24ClN3O2S/c1-2-16-18(20-23-17(11-28-20)12-6-4-3-5-7-12)19(25-21(27)24-16)14-9-8-13(26)10-15(14)22/h8-12,18-19,26H,2-7H2,1H3,(H,25,27). The Morgan fingerprint density at radius 3 is 2.79 bits per heavy atom. The molecule has 2 heterocycles. The van der Waals surface area contributed by atoms with Gasteiger partial charge in [-0.05, 0) is 37.0 Å². The molecule has 1 aliphatic heterocycles. The number of urea groups is 1. The summed E-state index contributed by atoms with van der Waals surface area (Å²) in [6.45, 7) is 2.01. The van der Waals surface area contributed by atoms with E-state index in [-0.39, 0.29) is 23.7 Å². The van der Waals surface area contributed by atoms with Crippen LogP contribution in [0.5, 0.6) is 5.75 Å². The number of phenolic OH excluding ortho intramolecular Hbond substituents is 1. The molecular weight excluding hydrogens is 394 g/mol. The van der Waals surface area contributed by atoms with Gasteiger partial charge in [0.1, 0.15) is 10.8 Å². The maximum Gasteiger partial charge on any atom is 0.341 e. The van der Waals surface area contributed by atoms with Gasteiger partial charge >= 0.3 is 6.03 Å². The number of nitrogens with one attached hydrogen (secondary N) is 1. The third-order valence-corrected chi connectivity index (χ3v) is 7.00. The van der Waals surface area contributed by atoms with Gasteiger partial charge in [0.25, 0.3) is 0 Å². The number of carbonyl (C=O) groups excluding carboxylic acids is 1. The quantitative estimate of drug-likeness (QED) is 0.645. The molecule has 0 spiro atoms. The van der Waals surface area contributed by atoms with Gasteiger partial charge in [0.05, 0.1) is 17.7 Å². The molecule has 1 aromatic heterocycles. The van der Waals surface area contributed by atoms with E-state index >= 15 is 0 Å². The van der Waals surface area contributed by atoms with Gasteiger partial charge in [0.2, 0.25) is 0 Å². The predicted molar refractivity (Wildman–Crippen MR) is 113 cm³/mol. The molecular formula is C21H24ClN3O2S. The van der Waals surface area contributed by atoms with Crippen LogP contribution in [0.2, 0.25) is 5.02 Å². The summed E-state index contributed by atoms with van der Waals surface area (Å²) >= 11 is 8.05. The van der Waals surface area contributed by atoms with E-state index < -0.39 is 0 Å². The molecule has 1 fully saturated rings. The van der Waals surface area contributed by atoms with E-state index in [9.17, 15) is 9.90 Å². The smallest absolute Gasteiger partial charge is 0.341 e. The van der Waals surface area contributed by atoms with Gasteiger partial charge < -0.3 is 10.4 Å². The van der Waals surface area contributed by atoms with E-state index in [1.165, 1.54) is 43.9 Å². The van der Waals surface area contributed by atoms with Crippen molar-refractivity contribution >= 4 is 34.7 Å². The average Bonchev–Trinajstić information content (AvgIpc) is 3.17. The van der Waals surface area contributed by atoms with Crippen LogP contribution in [0, 0.1) is 0 Å². The molecule has 7 heteroatoms. The first kappa shape index (κ1) is 19.4. The Kier molecular flexibility index (Phi) is 5.69. The number of hydrogen-bond acceptors (Lipinski definition) is 4. The van der Waals surface area contributed by atoms with Crippen molar-refractivity contribution < 1.29 is 9.90 Å². The van der Waals surface area contributed by atoms with Gasteiger partial charge in [0.15, 0.2) is 0 Å². The fourth-order valence-corrected chi connectivity index (χ4v) is 5.64. The first-order valence-corrected chi connectivity index (χ1v) is 11.1. The molecule has 4 rings (SSSR count). The van der Waals surface area contributed by atoms with Crippen LogP contribution in [0.4, 0.5) is 4.79 Å². The second-order valence-electron chi connectivity index (χ2n) is 7.51. The van der Waals surface area contributed by atoms with Gasteiger partial charge in [-0.15, -0.1) is 11.3 Å². The van der Waals surface area contributed by atoms with Crippen LogP contribution in [-0.4, -0.2) is 21.8 Å². The highest BCUT2D eigenvalue weighted by molar-refractivity contribution is 7.09. The van der Waals surface area contributed by atoms with Gasteiger partial charge in [-0.3, -0.25) is 0 Å². The van der Waals surface area contributed by atoms with E-state index in [4.69, 9.17) is 16.6 Å². The van der Waals surface area contributed by atoms with E-state index in [2.05, 4.69) is 15.7 Å². The van der Waals surface area contributed by atoms with Crippen LogP contribution < -0.4 is 5.32 Å². The first-order valence-electron chi connectivity index (χ1n) is 9.88. The molecule has 2 amide bonds. The Morgan fingerprint density at radius 2 is 2.07 bits per heavy atom. The summed E-state index contributed by atoms with van der Waals surface area (Å²) in [4.78, 5) is 21.5. The van der Waals surface area contributed by atoms with Crippen molar-refractivity contribution in [2.45, 2.75) is 63.3 Å². The van der Waals surface area contributed by atoms with Crippen LogP contribution in [0.25, 0.3) is 0 Å². The van der Waals surface area contributed by atoms with Crippen LogP contribution in [0.1, 0.15) is 79.6 Å². The number of rotatable bonds is 4. The van der Waals surface area contributed by atoms with Gasteiger partial charge in [-0.25, -0.2) is 14.8 Å². The third-order valence-electron chi connectivity index (χ3n) is 5.73. The second-order valence-corrected chi connectivity index (χ2v) is 8.81. The van der Waals surface area contributed by atoms with Crippen LogP contribution >= 0.6 is 22.9 Å². The first-order chi connectivity index (χ1) is 13.6. The summed E-state index contributed by atoms with van der Waals surface area (Å²) in [6.07, 6.45) is 6.92. The summed E-state index contributed by atoms with van der Waals surface area (Å²) in [5.41, 5.74) is 2.76. The Bertz CT molecular complexity index is 905. The molecule has 5 nitrogen and oxygen atoms in total. The Hall–Kier alpha value is -1.92. The van der Waals surface area contributed by atoms with Crippen molar-refractivity contribution in [1.29, 1.82) is 0 Å². The van der Waals surface area contributed by atoms with Crippen LogP contribution in [-0.2, 0) is 0 Å². The van der Waals surface area contributed by atoms with Crippen LogP contribution in [0.15, 0.2) is 28.6 Å². The van der Waals surface area contributed by atoms with Gasteiger partial charge in [-0.1, -0.05) is 43.9 Å². The van der Waals surface area contributed by atoms with Gasteiger partial charge in [-0.2, -0.15) is 0 Å². The molecule has 1 saturated carbocycles. The van der Waals surface area contributed by atoms with E-state index in [0.717, 1.165) is 16.3 Å². The number of aromatic hydroxyl groups is 1. The molecule has 2 N–H and O–H groups in total. The highest BCUT2D eigenvalue weighted by Gasteiger charge is 2.37. The molecule has 1 aromatic carbocycles. The molecule has 0 saturated heterocycles. The summed E-state index contributed by atoms with van der Waals surface area (Å²) < 4.78 is 0. The zero-order valence-electron chi connectivity index (χ0n) is 15.8. The predicted octanol–water partition coefficient (Wildman–Crippen LogP) is 5.95. The minimum atomic E-state index is -0.355. The molecule has 2 unspecified atom stereocenters.